The number of unbranched alkanes of at least 4 members (excludes halogenated alkanes) is 1. The number of rotatable bonds is 9. The predicted octanol–water partition coefficient (Wildman–Crippen LogP) is 0.603. The number of aliphatic hydroxyl groups is 1. The number of carbonyl (C=O) groups is 1. The van der Waals surface area contributed by atoms with Gasteiger partial charge in [0, 0.05) is 6.07 Å². The number of amides is 1. The normalized spacial score (nSPS) is 28.0. The zero-order chi connectivity index (χ0) is 19.3. The SMILES string of the molecule is CCCCOP(=O)(O)OC[C@H]1O[C@@H]([n+]2cccc(C(N)=O)c2)[C@@H](F)[C@@H]1O. The average molecular weight is 393 g/mol. The van der Waals surface area contributed by atoms with Crippen LogP contribution in [-0.4, -0.2) is 47.5 Å². The third-order valence-corrected chi connectivity index (χ3v) is 4.83. The molecule has 26 heavy (non-hydrogen) atoms. The van der Waals surface area contributed by atoms with E-state index < -0.39 is 44.9 Å². The molecule has 1 fully saturated rings. The maximum Gasteiger partial charge on any atom is 0.472 e. The van der Waals surface area contributed by atoms with Crippen molar-refractivity contribution in [3.63, 3.8) is 0 Å². The van der Waals surface area contributed by atoms with Gasteiger partial charge < -0.3 is 20.5 Å². The van der Waals surface area contributed by atoms with Gasteiger partial charge in [-0.3, -0.25) is 13.8 Å². The van der Waals surface area contributed by atoms with Crippen molar-refractivity contribution >= 4 is 13.7 Å². The topological polar surface area (TPSA) is 132 Å². The number of hydrogen-bond acceptors (Lipinski definition) is 6. The second-order valence-electron chi connectivity index (χ2n) is 5.86. The number of aromatic nitrogens is 1. The molecular formula is C15H23FN2O7P+. The Labute approximate surface area is 150 Å². The summed E-state index contributed by atoms with van der Waals surface area (Å²) in [6, 6.07) is 2.93. The number of hydrogen-bond donors (Lipinski definition) is 3. The average Bonchev–Trinajstić information content (AvgIpc) is 2.88. The summed E-state index contributed by atoms with van der Waals surface area (Å²) in [7, 11) is -4.32. The highest BCUT2D eigenvalue weighted by molar-refractivity contribution is 7.47. The molecule has 0 aliphatic carbocycles. The van der Waals surface area contributed by atoms with Gasteiger partial charge in [-0.15, -0.1) is 0 Å². The lowest BCUT2D eigenvalue weighted by Gasteiger charge is -2.16. The smallest absolute Gasteiger partial charge is 0.387 e. The van der Waals surface area contributed by atoms with Crippen molar-refractivity contribution in [3.8, 4) is 0 Å². The predicted molar refractivity (Wildman–Crippen MR) is 86.6 cm³/mol. The number of aliphatic hydroxyl groups excluding tert-OH is 1. The lowest BCUT2D eigenvalue weighted by molar-refractivity contribution is -0.764. The Bertz CT molecular complexity index is 677. The molecular weight excluding hydrogens is 370 g/mol. The van der Waals surface area contributed by atoms with E-state index in [9.17, 15) is 23.7 Å². The highest BCUT2D eigenvalue weighted by atomic mass is 31.2. The largest absolute Gasteiger partial charge is 0.472 e. The molecule has 0 bridgehead atoms. The van der Waals surface area contributed by atoms with Crippen LogP contribution in [0.5, 0.6) is 0 Å². The van der Waals surface area contributed by atoms with Crippen LogP contribution in [0.2, 0.25) is 0 Å². The third-order valence-electron chi connectivity index (χ3n) is 3.85. The minimum atomic E-state index is -4.32. The van der Waals surface area contributed by atoms with Crippen LogP contribution in [-0.2, 0) is 18.3 Å². The first-order valence-corrected chi connectivity index (χ1v) is 9.65. The lowest BCUT2D eigenvalue weighted by Crippen LogP contribution is -2.45. The second kappa shape index (κ2) is 8.98. The Morgan fingerprint density at radius 1 is 1.50 bits per heavy atom. The maximum atomic E-state index is 14.4. The molecule has 0 saturated carbocycles. The van der Waals surface area contributed by atoms with Crippen LogP contribution in [0.25, 0.3) is 0 Å². The van der Waals surface area contributed by atoms with Gasteiger partial charge in [-0.05, 0) is 12.5 Å². The Balaban J connectivity index is 2.00. The summed E-state index contributed by atoms with van der Waals surface area (Å²) in [5.41, 5.74) is 5.33. The Hall–Kier alpha value is -1.42. The standard InChI is InChI=1S/C15H22FN2O7P/c1-2-3-7-23-26(21,22)24-9-11-13(19)12(16)15(25-11)18-6-4-5-10(8-18)14(17)20/h4-6,8,11-13,15,19H,2-3,7,9H2,1H3,(H2-,17,20,21,22)/p+1/t11-,12+,13-,15-/m1/s1. The van der Waals surface area contributed by atoms with E-state index in [0.29, 0.717) is 6.42 Å². The fraction of sp³-hybridized carbons (Fsp3) is 0.600. The number of phosphoric acid groups is 1. The van der Waals surface area contributed by atoms with Crippen molar-refractivity contribution in [2.24, 2.45) is 5.73 Å². The second-order valence-corrected chi connectivity index (χ2v) is 7.31. The number of phosphoric ester groups is 1. The van der Waals surface area contributed by atoms with Crippen molar-refractivity contribution in [3.05, 3.63) is 30.1 Å². The number of carbonyl (C=O) groups excluding carboxylic acids is 1. The monoisotopic (exact) mass is 393 g/mol. The quantitative estimate of drug-likeness (QED) is 0.318. The molecule has 9 nitrogen and oxygen atoms in total. The zero-order valence-corrected chi connectivity index (χ0v) is 15.1. The summed E-state index contributed by atoms with van der Waals surface area (Å²) in [5, 5.41) is 9.98. The number of alkyl halides is 1. The first-order valence-electron chi connectivity index (χ1n) is 8.15. The molecule has 1 unspecified atom stereocenters. The highest BCUT2D eigenvalue weighted by Gasteiger charge is 2.50. The van der Waals surface area contributed by atoms with Crippen molar-refractivity contribution in [1.82, 2.24) is 0 Å². The molecule has 1 aliphatic rings. The number of halogens is 1. The Morgan fingerprint density at radius 3 is 2.88 bits per heavy atom. The molecule has 4 N–H and O–H groups in total. The summed E-state index contributed by atoms with van der Waals surface area (Å²) in [5.74, 6) is -0.696. The summed E-state index contributed by atoms with van der Waals surface area (Å²) >= 11 is 0. The Kier molecular flexibility index (Phi) is 7.22. The van der Waals surface area contributed by atoms with Gasteiger partial charge in [0.25, 0.3) is 12.1 Å². The van der Waals surface area contributed by atoms with Crippen molar-refractivity contribution in [2.75, 3.05) is 13.2 Å². The van der Waals surface area contributed by atoms with E-state index >= 15 is 0 Å². The summed E-state index contributed by atoms with van der Waals surface area (Å²) in [6.45, 7) is 1.40. The van der Waals surface area contributed by atoms with Gasteiger partial charge in [0.2, 0.25) is 6.17 Å². The molecule has 11 heteroatoms. The molecule has 0 radical (unpaired) electrons. The first kappa shape index (κ1) is 20.9. The maximum absolute atomic E-state index is 14.4. The molecule has 1 saturated heterocycles. The van der Waals surface area contributed by atoms with E-state index in [-0.39, 0.29) is 12.2 Å². The van der Waals surface area contributed by atoms with Gasteiger partial charge in [0.05, 0.1) is 13.2 Å². The van der Waals surface area contributed by atoms with E-state index in [0.717, 1.165) is 6.42 Å². The summed E-state index contributed by atoms with van der Waals surface area (Å²) < 4.78 is 42.3. The minimum absolute atomic E-state index is 0.0441. The summed E-state index contributed by atoms with van der Waals surface area (Å²) in [6.07, 6.45) is -1.75. The molecule has 0 aromatic carbocycles. The van der Waals surface area contributed by atoms with E-state index in [1.165, 1.54) is 29.1 Å². The zero-order valence-electron chi connectivity index (χ0n) is 14.2. The van der Waals surface area contributed by atoms with Gasteiger partial charge in [-0.1, -0.05) is 13.3 Å². The molecule has 1 aromatic heterocycles. The molecule has 146 valence electrons. The van der Waals surface area contributed by atoms with Crippen molar-refractivity contribution < 1.29 is 42.1 Å². The van der Waals surface area contributed by atoms with E-state index in [1.807, 2.05) is 6.92 Å². The van der Waals surface area contributed by atoms with E-state index in [2.05, 4.69) is 0 Å². The number of nitrogens with two attached hydrogens (primary N) is 1. The molecule has 1 aliphatic heterocycles. The van der Waals surface area contributed by atoms with Crippen LogP contribution in [0.1, 0.15) is 36.4 Å². The molecule has 5 atom stereocenters. The molecule has 1 amide bonds. The summed E-state index contributed by atoms with van der Waals surface area (Å²) in [4.78, 5) is 20.8. The van der Waals surface area contributed by atoms with Gasteiger partial charge >= 0.3 is 7.82 Å². The van der Waals surface area contributed by atoms with Crippen molar-refractivity contribution in [1.29, 1.82) is 0 Å². The van der Waals surface area contributed by atoms with Crippen LogP contribution in [0.4, 0.5) is 4.39 Å². The number of pyridine rings is 1. The molecule has 2 rings (SSSR count). The fourth-order valence-corrected chi connectivity index (χ4v) is 3.18. The highest BCUT2D eigenvalue weighted by Crippen LogP contribution is 2.44. The first-order chi connectivity index (χ1) is 12.2. The van der Waals surface area contributed by atoms with Crippen LogP contribution in [0.3, 0.4) is 0 Å². The Morgan fingerprint density at radius 2 is 2.23 bits per heavy atom. The number of ether oxygens (including phenoxy) is 1. The van der Waals surface area contributed by atoms with Crippen LogP contribution >= 0.6 is 7.82 Å². The van der Waals surface area contributed by atoms with Gasteiger partial charge in [0.1, 0.15) is 17.8 Å². The number of primary amides is 1. The molecule has 0 spiro atoms. The van der Waals surface area contributed by atoms with Crippen LogP contribution < -0.4 is 10.3 Å². The molecule has 1 aromatic rings. The van der Waals surface area contributed by atoms with Gasteiger partial charge in [-0.25, -0.2) is 8.96 Å². The van der Waals surface area contributed by atoms with Gasteiger partial charge in [0.15, 0.2) is 12.4 Å². The number of nitrogens with zero attached hydrogens (tertiary/aromatic N) is 1. The van der Waals surface area contributed by atoms with Crippen molar-refractivity contribution in [2.45, 2.75) is 44.4 Å². The minimum Gasteiger partial charge on any atom is -0.387 e. The van der Waals surface area contributed by atoms with Crippen LogP contribution in [0, 0.1) is 0 Å². The van der Waals surface area contributed by atoms with Crippen LogP contribution in [0.15, 0.2) is 24.5 Å². The van der Waals surface area contributed by atoms with E-state index in [1.54, 1.807) is 0 Å². The third kappa shape index (κ3) is 5.29. The fourth-order valence-electron chi connectivity index (χ4n) is 2.41. The van der Waals surface area contributed by atoms with E-state index in [4.69, 9.17) is 19.5 Å². The molecule has 2 heterocycles. The lowest BCUT2D eigenvalue weighted by atomic mass is 10.1. The van der Waals surface area contributed by atoms with Gasteiger partial charge in [-0.2, -0.15) is 4.57 Å².